The Labute approximate surface area is 199 Å². The van der Waals surface area contributed by atoms with Crippen LogP contribution in [-0.2, 0) is 21.2 Å². The predicted molar refractivity (Wildman–Crippen MR) is 129 cm³/mol. The van der Waals surface area contributed by atoms with Gasteiger partial charge in [-0.2, -0.15) is 0 Å². The predicted octanol–water partition coefficient (Wildman–Crippen LogP) is 5.02. The summed E-state index contributed by atoms with van der Waals surface area (Å²) in [6.07, 6.45) is 2.95. The molecule has 0 unspecified atom stereocenters. The number of amides is 1. The Kier molecular flexibility index (Phi) is 6.91. The number of carbonyl (C=O) groups excluding carboxylic acids is 1. The number of hydrogen-bond acceptors (Lipinski definition) is 4. The van der Waals surface area contributed by atoms with Crippen LogP contribution in [0.2, 0.25) is 5.02 Å². The van der Waals surface area contributed by atoms with E-state index in [1.165, 1.54) is 29.8 Å². The molecule has 0 heterocycles. The van der Waals surface area contributed by atoms with Crippen LogP contribution < -0.4 is 14.8 Å². The second kappa shape index (κ2) is 9.85. The van der Waals surface area contributed by atoms with Crippen LogP contribution in [0.1, 0.15) is 35.6 Å². The van der Waals surface area contributed by atoms with Crippen LogP contribution in [0.4, 0.5) is 5.69 Å². The van der Waals surface area contributed by atoms with Gasteiger partial charge in [0.05, 0.1) is 16.6 Å². The summed E-state index contributed by atoms with van der Waals surface area (Å²) in [6.45, 7) is 1.69. The summed E-state index contributed by atoms with van der Waals surface area (Å²) < 4.78 is 33.4. The third-order valence-corrected chi connectivity index (χ3v) is 7.44. The molecule has 0 radical (unpaired) electrons. The maximum atomic E-state index is 12.6. The Morgan fingerprint density at radius 3 is 2.61 bits per heavy atom. The summed E-state index contributed by atoms with van der Waals surface area (Å²) in [6, 6.07) is 19.0. The van der Waals surface area contributed by atoms with Crippen molar-refractivity contribution in [2.24, 2.45) is 0 Å². The highest BCUT2D eigenvalue weighted by Crippen LogP contribution is 2.29. The van der Waals surface area contributed by atoms with Crippen molar-refractivity contribution in [2.45, 2.75) is 37.1 Å². The molecule has 3 aromatic carbocycles. The maximum Gasteiger partial charge on any atom is 0.261 e. The third-order valence-electron chi connectivity index (χ3n) is 5.63. The van der Waals surface area contributed by atoms with Gasteiger partial charge in [-0.1, -0.05) is 41.9 Å². The Bertz CT molecular complexity index is 1260. The second-order valence-electron chi connectivity index (χ2n) is 8.04. The second-order valence-corrected chi connectivity index (χ2v) is 10.1. The van der Waals surface area contributed by atoms with Gasteiger partial charge < -0.3 is 10.1 Å². The quantitative estimate of drug-likeness (QED) is 0.493. The van der Waals surface area contributed by atoms with Gasteiger partial charge >= 0.3 is 0 Å². The monoisotopic (exact) mass is 484 g/mol. The summed E-state index contributed by atoms with van der Waals surface area (Å²) in [5, 5.41) is 3.52. The lowest BCUT2D eigenvalue weighted by molar-refractivity contribution is -0.124. The van der Waals surface area contributed by atoms with Gasteiger partial charge in [-0.3, -0.25) is 9.52 Å². The van der Waals surface area contributed by atoms with Crippen molar-refractivity contribution in [2.75, 3.05) is 11.3 Å². The number of carbonyl (C=O) groups is 1. The number of benzene rings is 3. The number of sulfonamides is 1. The maximum absolute atomic E-state index is 12.6. The van der Waals surface area contributed by atoms with Crippen molar-refractivity contribution < 1.29 is 17.9 Å². The molecular formula is C25H25ClN2O4S. The van der Waals surface area contributed by atoms with Gasteiger partial charge in [0, 0.05) is 5.02 Å². The van der Waals surface area contributed by atoms with Crippen molar-refractivity contribution in [1.82, 2.24) is 5.32 Å². The highest BCUT2D eigenvalue weighted by Gasteiger charge is 2.21. The summed E-state index contributed by atoms with van der Waals surface area (Å²) in [4.78, 5) is 12.5. The lowest BCUT2D eigenvalue weighted by Crippen LogP contribution is -2.34. The summed E-state index contributed by atoms with van der Waals surface area (Å²) >= 11 is 6.07. The van der Waals surface area contributed by atoms with E-state index >= 15 is 0 Å². The normalized spacial score (nSPS) is 15.4. The minimum atomic E-state index is -3.78. The summed E-state index contributed by atoms with van der Waals surface area (Å²) in [5.41, 5.74) is 3.67. The molecule has 4 rings (SSSR count). The number of nitrogens with one attached hydrogen (secondary N) is 2. The molecule has 172 valence electrons. The molecule has 1 amide bonds. The zero-order valence-corrected chi connectivity index (χ0v) is 19.7. The van der Waals surface area contributed by atoms with Crippen molar-refractivity contribution in [1.29, 1.82) is 0 Å². The van der Waals surface area contributed by atoms with Crippen LogP contribution in [-0.4, -0.2) is 20.9 Å². The van der Waals surface area contributed by atoms with E-state index in [-0.39, 0.29) is 23.5 Å². The van der Waals surface area contributed by atoms with Gasteiger partial charge in [0.25, 0.3) is 15.9 Å². The molecule has 33 heavy (non-hydrogen) atoms. The zero-order valence-electron chi connectivity index (χ0n) is 18.2. The van der Waals surface area contributed by atoms with Gasteiger partial charge in [-0.05, 0) is 79.3 Å². The molecule has 1 atom stereocenters. The van der Waals surface area contributed by atoms with E-state index in [1.54, 1.807) is 18.2 Å². The van der Waals surface area contributed by atoms with E-state index in [2.05, 4.69) is 22.2 Å². The number of rotatable bonds is 7. The molecule has 1 aliphatic carbocycles. The highest BCUT2D eigenvalue weighted by molar-refractivity contribution is 7.92. The molecule has 0 bridgehead atoms. The van der Waals surface area contributed by atoms with Crippen molar-refractivity contribution in [3.63, 3.8) is 0 Å². The van der Waals surface area contributed by atoms with Crippen LogP contribution in [0, 0.1) is 6.92 Å². The van der Waals surface area contributed by atoms with E-state index < -0.39 is 10.0 Å². The molecule has 1 aliphatic rings. The van der Waals surface area contributed by atoms with E-state index in [0.717, 1.165) is 30.4 Å². The first-order chi connectivity index (χ1) is 15.8. The van der Waals surface area contributed by atoms with Crippen LogP contribution in [0.5, 0.6) is 5.75 Å². The fourth-order valence-electron chi connectivity index (χ4n) is 3.87. The van der Waals surface area contributed by atoms with Gasteiger partial charge in [0.2, 0.25) is 0 Å². The lowest BCUT2D eigenvalue weighted by atomic mass is 9.88. The van der Waals surface area contributed by atoms with E-state index in [1.807, 2.05) is 19.1 Å². The zero-order chi connectivity index (χ0) is 23.4. The number of ether oxygens (including phenoxy) is 1. The summed E-state index contributed by atoms with van der Waals surface area (Å²) in [5.74, 6) is 0.192. The first kappa shape index (κ1) is 23.1. The van der Waals surface area contributed by atoms with Crippen LogP contribution in [0.15, 0.2) is 71.6 Å². The first-order valence-electron chi connectivity index (χ1n) is 10.7. The molecule has 0 aromatic heterocycles. The minimum Gasteiger partial charge on any atom is -0.484 e. The number of aryl methyl sites for hydroxylation is 2. The standard InChI is InChI=1S/C25H25ClN2O4S/c1-17-9-10-19(15-23(17)26)28-33(30,31)21-13-11-20(12-14-21)32-16-25(29)27-24-8-4-6-18-5-2-3-7-22(18)24/h2-3,5,7,9-15,24,28H,4,6,8,16H2,1H3,(H,27,29)/t24-/m0/s1. The smallest absolute Gasteiger partial charge is 0.261 e. The molecule has 8 heteroatoms. The molecule has 0 saturated heterocycles. The Hall–Kier alpha value is -3.03. The SMILES string of the molecule is Cc1ccc(NS(=O)(=O)c2ccc(OCC(=O)N[C@H]3CCCc4ccccc43)cc2)cc1Cl. The minimum absolute atomic E-state index is 0.0140. The average molecular weight is 485 g/mol. The molecular weight excluding hydrogens is 460 g/mol. The van der Waals surface area contributed by atoms with Crippen LogP contribution >= 0.6 is 11.6 Å². The number of anilines is 1. The topological polar surface area (TPSA) is 84.5 Å². The molecule has 0 saturated carbocycles. The van der Waals surface area contributed by atoms with Crippen molar-refractivity contribution >= 4 is 33.2 Å². The molecule has 3 aromatic rings. The average Bonchev–Trinajstić information content (AvgIpc) is 2.80. The van der Waals surface area contributed by atoms with E-state index in [9.17, 15) is 13.2 Å². The molecule has 0 fully saturated rings. The summed E-state index contributed by atoms with van der Waals surface area (Å²) in [7, 11) is -3.78. The van der Waals surface area contributed by atoms with Crippen LogP contribution in [0.3, 0.4) is 0 Å². The Balaban J connectivity index is 1.34. The fraction of sp³-hybridized carbons (Fsp3) is 0.240. The van der Waals surface area contributed by atoms with Crippen molar-refractivity contribution in [3.8, 4) is 5.75 Å². The van der Waals surface area contributed by atoms with E-state index in [4.69, 9.17) is 16.3 Å². The van der Waals surface area contributed by atoms with Gasteiger partial charge in [0.1, 0.15) is 5.75 Å². The van der Waals surface area contributed by atoms with Crippen LogP contribution in [0.25, 0.3) is 0 Å². The third kappa shape index (κ3) is 5.67. The lowest BCUT2D eigenvalue weighted by Gasteiger charge is -2.26. The fourth-order valence-corrected chi connectivity index (χ4v) is 5.10. The van der Waals surface area contributed by atoms with Crippen molar-refractivity contribution in [3.05, 3.63) is 88.4 Å². The Morgan fingerprint density at radius 2 is 1.85 bits per heavy atom. The largest absolute Gasteiger partial charge is 0.484 e. The van der Waals surface area contributed by atoms with Gasteiger partial charge in [-0.25, -0.2) is 8.42 Å². The van der Waals surface area contributed by atoms with Gasteiger partial charge in [0.15, 0.2) is 6.61 Å². The van der Waals surface area contributed by atoms with E-state index in [0.29, 0.717) is 16.5 Å². The molecule has 0 spiro atoms. The molecule has 2 N–H and O–H groups in total. The molecule has 6 nitrogen and oxygen atoms in total. The Morgan fingerprint density at radius 1 is 1.09 bits per heavy atom. The molecule has 0 aliphatic heterocycles. The number of halogens is 1. The number of hydrogen-bond donors (Lipinski definition) is 2. The number of fused-ring (bicyclic) bond motifs is 1. The first-order valence-corrected chi connectivity index (χ1v) is 12.6. The van der Waals surface area contributed by atoms with Gasteiger partial charge in [-0.15, -0.1) is 0 Å². The highest BCUT2D eigenvalue weighted by atomic mass is 35.5.